The maximum atomic E-state index is 8.85. The molecule has 13 heavy (non-hydrogen) atoms. The predicted molar refractivity (Wildman–Crippen MR) is 50.0 cm³/mol. The third kappa shape index (κ3) is 1.26. The summed E-state index contributed by atoms with van der Waals surface area (Å²) in [6, 6.07) is 5.73. The van der Waals surface area contributed by atoms with Crippen LogP contribution in [0.25, 0.3) is 0 Å². The molecule has 0 fully saturated rings. The molecule has 0 aliphatic carbocycles. The van der Waals surface area contributed by atoms with Gasteiger partial charge in [0.05, 0.1) is 5.02 Å². The van der Waals surface area contributed by atoms with E-state index in [1.54, 1.807) is 6.07 Å². The Labute approximate surface area is 81.7 Å². The number of rotatable bonds is 0. The molecule has 1 aromatic carbocycles. The first-order chi connectivity index (χ1) is 6.22. The quantitative estimate of drug-likeness (QED) is 0.635. The number of ether oxygens (including phenoxy) is 1. The topological polar surface area (TPSA) is 33.0 Å². The van der Waals surface area contributed by atoms with Gasteiger partial charge in [0.25, 0.3) is 0 Å². The zero-order chi connectivity index (χ0) is 9.42. The van der Waals surface area contributed by atoms with Crippen LogP contribution >= 0.6 is 11.6 Å². The van der Waals surface area contributed by atoms with E-state index in [2.05, 4.69) is 6.07 Å². The van der Waals surface area contributed by atoms with E-state index in [0.717, 1.165) is 12.0 Å². The maximum absolute atomic E-state index is 8.85. The third-order valence-corrected chi connectivity index (χ3v) is 2.44. The molecule has 0 amide bonds. The van der Waals surface area contributed by atoms with Gasteiger partial charge in [-0.2, -0.15) is 5.26 Å². The first kappa shape index (κ1) is 8.40. The molecule has 0 spiro atoms. The summed E-state index contributed by atoms with van der Waals surface area (Å²) in [5.74, 6) is 0.669. The molecule has 1 aliphatic heterocycles. The van der Waals surface area contributed by atoms with E-state index in [-0.39, 0.29) is 6.10 Å². The minimum atomic E-state index is 0.153. The standard InChI is InChI=1S/C10H8ClNO/c1-6-4-7-2-3-9(11)8(5-12)10(7)13-6/h2-3,6H,4H2,1H3. The summed E-state index contributed by atoms with van der Waals surface area (Å²) in [6.07, 6.45) is 1.02. The fourth-order valence-corrected chi connectivity index (χ4v) is 1.74. The van der Waals surface area contributed by atoms with Crippen LogP contribution in [0.5, 0.6) is 5.75 Å². The van der Waals surface area contributed by atoms with Crippen molar-refractivity contribution in [1.82, 2.24) is 0 Å². The van der Waals surface area contributed by atoms with Gasteiger partial charge in [0.15, 0.2) is 0 Å². The molecular weight excluding hydrogens is 186 g/mol. The summed E-state index contributed by atoms with van der Waals surface area (Å²) < 4.78 is 5.50. The SMILES string of the molecule is CC1Cc2ccc(Cl)c(C#N)c2O1. The Bertz CT molecular complexity index is 395. The molecular formula is C10H8ClNO. The summed E-state index contributed by atoms with van der Waals surface area (Å²) >= 11 is 5.85. The summed E-state index contributed by atoms with van der Waals surface area (Å²) in [5, 5.41) is 9.32. The number of nitriles is 1. The predicted octanol–water partition coefficient (Wildman–Crippen LogP) is 2.54. The van der Waals surface area contributed by atoms with Gasteiger partial charge in [0.1, 0.15) is 23.5 Å². The zero-order valence-corrected chi connectivity index (χ0v) is 7.93. The molecule has 1 heterocycles. The Morgan fingerprint density at radius 2 is 2.38 bits per heavy atom. The fraction of sp³-hybridized carbons (Fsp3) is 0.300. The fourth-order valence-electron chi connectivity index (χ4n) is 1.55. The molecule has 0 bridgehead atoms. The second-order valence-corrected chi connectivity index (χ2v) is 3.56. The average Bonchev–Trinajstić information content (AvgIpc) is 2.45. The Morgan fingerprint density at radius 1 is 1.62 bits per heavy atom. The molecule has 1 atom stereocenters. The minimum Gasteiger partial charge on any atom is -0.489 e. The molecule has 1 aromatic rings. The molecule has 0 saturated heterocycles. The van der Waals surface area contributed by atoms with Gasteiger partial charge in [0, 0.05) is 6.42 Å². The highest BCUT2D eigenvalue weighted by atomic mass is 35.5. The van der Waals surface area contributed by atoms with E-state index in [1.165, 1.54) is 0 Å². The van der Waals surface area contributed by atoms with Crippen LogP contribution in [0.1, 0.15) is 18.1 Å². The lowest BCUT2D eigenvalue weighted by Crippen LogP contribution is -2.05. The molecule has 0 saturated carbocycles. The van der Waals surface area contributed by atoms with Gasteiger partial charge in [0.2, 0.25) is 0 Å². The number of fused-ring (bicyclic) bond motifs is 1. The Balaban J connectivity index is 2.60. The smallest absolute Gasteiger partial charge is 0.142 e. The lowest BCUT2D eigenvalue weighted by Gasteiger charge is -2.04. The first-order valence-electron chi connectivity index (χ1n) is 4.10. The highest BCUT2D eigenvalue weighted by Crippen LogP contribution is 2.35. The van der Waals surface area contributed by atoms with Gasteiger partial charge in [-0.3, -0.25) is 0 Å². The monoisotopic (exact) mass is 193 g/mol. The second-order valence-electron chi connectivity index (χ2n) is 3.16. The van der Waals surface area contributed by atoms with Gasteiger partial charge in [-0.05, 0) is 18.6 Å². The second kappa shape index (κ2) is 2.93. The summed E-state index contributed by atoms with van der Waals surface area (Å²) in [6.45, 7) is 1.98. The van der Waals surface area contributed by atoms with E-state index < -0.39 is 0 Å². The van der Waals surface area contributed by atoms with E-state index in [4.69, 9.17) is 21.6 Å². The number of hydrogen-bond acceptors (Lipinski definition) is 2. The Morgan fingerprint density at radius 3 is 3.08 bits per heavy atom. The maximum Gasteiger partial charge on any atom is 0.142 e. The number of hydrogen-bond donors (Lipinski definition) is 0. The van der Waals surface area contributed by atoms with Gasteiger partial charge >= 0.3 is 0 Å². The largest absolute Gasteiger partial charge is 0.489 e. The summed E-state index contributed by atoms with van der Waals surface area (Å²) in [7, 11) is 0. The molecule has 2 rings (SSSR count). The molecule has 1 unspecified atom stereocenters. The van der Waals surface area contributed by atoms with Crippen molar-refractivity contribution >= 4 is 11.6 Å². The molecule has 3 heteroatoms. The zero-order valence-electron chi connectivity index (χ0n) is 7.17. The van der Waals surface area contributed by atoms with Crippen molar-refractivity contribution in [3.8, 4) is 11.8 Å². The average molecular weight is 194 g/mol. The summed E-state index contributed by atoms with van der Waals surface area (Å²) in [4.78, 5) is 0. The highest BCUT2D eigenvalue weighted by molar-refractivity contribution is 6.32. The number of benzene rings is 1. The van der Waals surface area contributed by atoms with Crippen LogP contribution in [-0.4, -0.2) is 6.10 Å². The van der Waals surface area contributed by atoms with Gasteiger partial charge in [-0.25, -0.2) is 0 Å². The lowest BCUT2D eigenvalue weighted by atomic mass is 10.1. The molecule has 2 nitrogen and oxygen atoms in total. The normalized spacial score (nSPS) is 19.0. The Hall–Kier alpha value is -1.20. The van der Waals surface area contributed by atoms with Crippen LogP contribution in [-0.2, 0) is 6.42 Å². The summed E-state index contributed by atoms with van der Waals surface area (Å²) in [5.41, 5.74) is 1.54. The van der Waals surface area contributed by atoms with Crippen LogP contribution in [0.3, 0.4) is 0 Å². The van der Waals surface area contributed by atoms with Crippen LogP contribution in [0.15, 0.2) is 12.1 Å². The first-order valence-corrected chi connectivity index (χ1v) is 4.48. The van der Waals surface area contributed by atoms with Crippen molar-refractivity contribution in [2.45, 2.75) is 19.4 Å². The van der Waals surface area contributed by atoms with Crippen molar-refractivity contribution < 1.29 is 4.74 Å². The number of nitrogens with zero attached hydrogens (tertiary/aromatic N) is 1. The van der Waals surface area contributed by atoms with E-state index in [0.29, 0.717) is 16.3 Å². The van der Waals surface area contributed by atoms with Crippen molar-refractivity contribution in [1.29, 1.82) is 5.26 Å². The third-order valence-electron chi connectivity index (χ3n) is 2.13. The van der Waals surface area contributed by atoms with Crippen molar-refractivity contribution in [2.24, 2.45) is 0 Å². The number of halogens is 1. The molecule has 0 aromatic heterocycles. The molecule has 66 valence electrons. The van der Waals surface area contributed by atoms with Gasteiger partial charge in [-0.15, -0.1) is 0 Å². The molecule has 0 radical (unpaired) electrons. The van der Waals surface area contributed by atoms with E-state index >= 15 is 0 Å². The van der Waals surface area contributed by atoms with E-state index in [9.17, 15) is 0 Å². The van der Waals surface area contributed by atoms with Crippen molar-refractivity contribution in [3.63, 3.8) is 0 Å². The van der Waals surface area contributed by atoms with Crippen molar-refractivity contribution in [3.05, 3.63) is 28.3 Å². The van der Waals surface area contributed by atoms with Crippen LogP contribution in [0.2, 0.25) is 5.02 Å². The van der Waals surface area contributed by atoms with Gasteiger partial charge in [-0.1, -0.05) is 17.7 Å². The van der Waals surface area contributed by atoms with Crippen molar-refractivity contribution in [2.75, 3.05) is 0 Å². The van der Waals surface area contributed by atoms with Crippen LogP contribution in [0, 0.1) is 11.3 Å². The van der Waals surface area contributed by atoms with Crippen LogP contribution < -0.4 is 4.74 Å². The minimum absolute atomic E-state index is 0.153. The van der Waals surface area contributed by atoms with Crippen LogP contribution in [0.4, 0.5) is 0 Å². The lowest BCUT2D eigenvalue weighted by molar-refractivity contribution is 0.254. The Kier molecular flexibility index (Phi) is 1.90. The highest BCUT2D eigenvalue weighted by Gasteiger charge is 2.23. The van der Waals surface area contributed by atoms with E-state index in [1.807, 2.05) is 13.0 Å². The van der Waals surface area contributed by atoms with Gasteiger partial charge < -0.3 is 4.74 Å². The molecule has 1 aliphatic rings. The molecule has 0 N–H and O–H groups in total.